The Kier molecular flexibility index (Phi) is 4.21. The maximum atomic E-state index is 12.1. The zero-order valence-electron chi connectivity index (χ0n) is 9.35. The van der Waals surface area contributed by atoms with E-state index in [0.29, 0.717) is 16.3 Å². The lowest BCUT2D eigenvalue weighted by Gasteiger charge is -2.10. The topological polar surface area (TPSA) is 55.1 Å². The Bertz CT molecular complexity index is 610. The van der Waals surface area contributed by atoms with Gasteiger partial charge in [-0.3, -0.25) is 4.72 Å². The van der Waals surface area contributed by atoms with Crippen LogP contribution in [0, 0.1) is 0 Å². The lowest BCUT2D eigenvalue weighted by molar-refractivity contribution is 0.686. The molecule has 1 atom stereocenters. The molecule has 0 fully saturated rings. The normalized spacial score (nSPS) is 12.1. The predicted molar refractivity (Wildman–Crippen MR) is 83.0 cm³/mol. The highest BCUT2D eigenvalue weighted by Crippen LogP contribution is 2.28. The number of rotatable bonds is 4. The molecule has 1 unspecified atom stereocenters. The molecule has 3 nitrogen and oxygen atoms in total. The Morgan fingerprint density at radius 3 is 2.83 bits per heavy atom. The van der Waals surface area contributed by atoms with Crippen LogP contribution >= 0.6 is 27.3 Å². The lowest BCUT2D eigenvalue weighted by atomic mass is 10.1. The minimum Gasteiger partial charge on any atom is -0.397 e. The maximum Gasteiger partial charge on any atom is 0.152 e. The third-order valence-corrected chi connectivity index (χ3v) is 5.60. The summed E-state index contributed by atoms with van der Waals surface area (Å²) in [5.74, 6) is 0. The molecule has 0 bridgehead atoms. The minimum atomic E-state index is -1.34. The molecule has 0 spiro atoms. The van der Waals surface area contributed by atoms with Gasteiger partial charge in [0.25, 0.3) is 0 Å². The minimum absolute atomic E-state index is 0.548. The van der Waals surface area contributed by atoms with Gasteiger partial charge in [0.05, 0.1) is 16.3 Å². The first kappa shape index (κ1) is 13.3. The van der Waals surface area contributed by atoms with E-state index in [4.69, 9.17) is 5.73 Å². The van der Waals surface area contributed by atoms with Crippen LogP contribution in [0.5, 0.6) is 0 Å². The van der Waals surface area contributed by atoms with E-state index in [1.54, 1.807) is 12.1 Å². The maximum absolute atomic E-state index is 12.1. The summed E-state index contributed by atoms with van der Waals surface area (Å²) in [5.41, 5.74) is 7.97. The number of para-hydroxylation sites is 1. The van der Waals surface area contributed by atoms with Crippen LogP contribution in [0.1, 0.15) is 5.56 Å². The number of anilines is 2. The van der Waals surface area contributed by atoms with Gasteiger partial charge in [0, 0.05) is 15.2 Å². The van der Waals surface area contributed by atoms with E-state index in [9.17, 15) is 4.21 Å². The number of nitrogen functional groups attached to an aromatic ring is 1. The van der Waals surface area contributed by atoms with E-state index in [1.807, 2.05) is 22.9 Å². The molecule has 0 saturated carbocycles. The molecule has 2 aromatic rings. The van der Waals surface area contributed by atoms with Crippen molar-refractivity contribution >= 4 is 55.7 Å². The smallest absolute Gasteiger partial charge is 0.152 e. The van der Waals surface area contributed by atoms with Crippen LogP contribution in [0.15, 0.2) is 44.9 Å². The van der Waals surface area contributed by atoms with Crippen molar-refractivity contribution in [2.24, 2.45) is 0 Å². The summed E-state index contributed by atoms with van der Waals surface area (Å²) in [4.78, 5) is 0.711. The summed E-state index contributed by atoms with van der Waals surface area (Å²) in [5, 5.41) is 3.72. The predicted octanol–water partition coefficient (Wildman–Crippen LogP) is 3.87. The van der Waals surface area contributed by atoms with E-state index in [0.717, 1.165) is 10.0 Å². The van der Waals surface area contributed by atoms with Crippen LogP contribution in [0.2, 0.25) is 0 Å². The van der Waals surface area contributed by atoms with E-state index in [-0.39, 0.29) is 0 Å². The monoisotopic (exact) mass is 342 g/mol. The van der Waals surface area contributed by atoms with Crippen molar-refractivity contribution in [3.63, 3.8) is 0 Å². The molecule has 3 N–H and O–H groups in total. The standard InChI is InChI=1S/C12H11BrN2OS2/c1-2-8-4-3-5-10(12(8)14)15-18(16)11-7-17-6-9(11)13/h2-7,15H,1,14H2. The highest BCUT2D eigenvalue weighted by Gasteiger charge is 2.11. The number of nitrogens with two attached hydrogens (primary N) is 1. The molecule has 94 valence electrons. The number of thiophene rings is 1. The summed E-state index contributed by atoms with van der Waals surface area (Å²) < 4.78 is 15.9. The van der Waals surface area contributed by atoms with Gasteiger partial charge in [-0.05, 0) is 27.6 Å². The number of halogens is 1. The fourth-order valence-corrected chi connectivity index (χ4v) is 4.32. The molecule has 0 aliphatic carbocycles. The van der Waals surface area contributed by atoms with Crippen molar-refractivity contribution in [2.45, 2.75) is 4.90 Å². The van der Waals surface area contributed by atoms with Gasteiger partial charge in [-0.15, -0.1) is 11.3 Å². The second-order valence-corrected chi connectivity index (χ2v) is 6.25. The molecule has 0 radical (unpaired) electrons. The number of benzene rings is 1. The van der Waals surface area contributed by atoms with Gasteiger partial charge >= 0.3 is 0 Å². The van der Waals surface area contributed by atoms with Gasteiger partial charge < -0.3 is 5.73 Å². The molecular formula is C12H11BrN2OS2. The molecule has 1 aromatic carbocycles. The van der Waals surface area contributed by atoms with Crippen molar-refractivity contribution in [3.05, 3.63) is 45.6 Å². The summed E-state index contributed by atoms with van der Waals surface area (Å²) in [7, 11) is -1.34. The zero-order chi connectivity index (χ0) is 13.1. The van der Waals surface area contributed by atoms with E-state index < -0.39 is 11.0 Å². The van der Waals surface area contributed by atoms with Crippen molar-refractivity contribution in [1.82, 2.24) is 0 Å². The molecule has 0 aliphatic heterocycles. The van der Waals surface area contributed by atoms with Crippen LogP contribution < -0.4 is 10.5 Å². The Hall–Kier alpha value is -1.11. The summed E-state index contributed by atoms with van der Waals surface area (Å²) in [6, 6.07) is 5.49. The molecule has 18 heavy (non-hydrogen) atoms. The fourth-order valence-electron chi connectivity index (χ4n) is 1.41. The van der Waals surface area contributed by atoms with Crippen LogP contribution in [-0.2, 0) is 11.0 Å². The fraction of sp³-hybridized carbons (Fsp3) is 0. The lowest BCUT2D eigenvalue weighted by Crippen LogP contribution is -2.07. The molecule has 0 aliphatic rings. The number of hydrogen-bond donors (Lipinski definition) is 2. The van der Waals surface area contributed by atoms with E-state index in [2.05, 4.69) is 27.2 Å². The first-order valence-electron chi connectivity index (χ1n) is 5.04. The van der Waals surface area contributed by atoms with E-state index >= 15 is 0 Å². The van der Waals surface area contributed by atoms with Gasteiger partial charge in [0.15, 0.2) is 11.0 Å². The quantitative estimate of drug-likeness (QED) is 0.828. The zero-order valence-corrected chi connectivity index (χ0v) is 12.6. The molecule has 1 heterocycles. The SMILES string of the molecule is C=Cc1cccc(NS(=O)c2cscc2Br)c1N. The molecule has 1 aromatic heterocycles. The third kappa shape index (κ3) is 2.66. The van der Waals surface area contributed by atoms with Crippen molar-refractivity contribution < 1.29 is 4.21 Å². The first-order chi connectivity index (χ1) is 8.63. The summed E-state index contributed by atoms with van der Waals surface area (Å²) in [6.07, 6.45) is 1.67. The Morgan fingerprint density at radius 2 is 2.22 bits per heavy atom. The largest absolute Gasteiger partial charge is 0.397 e. The van der Waals surface area contributed by atoms with Crippen LogP contribution in [-0.4, -0.2) is 4.21 Å². The Morgan fingerprint density at radius 1 is 1.44 bits per heavy atom. The molecule has 6 heteroatoms. The van der Waals surface area contributed by atoms with Gasteiger partial charge in [0.1, 0.15) is 0 Å². The van der Waals surface area contributed by atoms with Crippen molar-refractivity contribution in [2.75, 3.05) is 10.5 Å². The van der Waals surface area contributed by atoms with Gasteiger partial charge in [-0.1, -0.05) is 24.8 Å². The van der Waals surface area contributed by atoms with Crippen molar-refractivity contribution in [3.8, 4) is 0 Å². The second kappa shape index (κ2) is 5.69. The highest BCUT2D eigenvalue weighted by molar-refractivity contribution is 9.10. The van der Waals surface area contributed by atoms with Gasteiger partial charge in [0.2, 0.25) is 0 Å². The average Bonchev–Trinajstić information content (AvgIpc) is 2.78. The van der Waals surface area contributed by atoms with Crippen molar-refractivity contribution in [1.29, 1.82) is 0 Å². The molecule has 0 saturated heterocycles. The van der Waals surface area contributed by atoms with Crippen LogP contribution in [0.25, 0.3) is 6.08 Å². The van der Waals surface area contributed by atoms with Crippen LogP contribution in [0.4, 0.5) is 11.4 Å². The number of hydrogen-bond acceptors (Lipinski definition) is 3. The third-order valence-electron chi connectivity index (χ3n) is 2.34. The van der Waals surface area contributed by atoms with E-state index in [1.165, 1.54) is 11.3 Å². The molecule has 2 rings (SSSR count). The summed E-state index contributed by atoms with van der Waals surface area (Å²) in [6.45, 7) is 3.69. The Balaban J connectivity index is 2.28. The van der Waals surface area contributed by atoms with Crippen LogP contribution in [0.3, 0.4) is 0 Å². The molecular weight excluding hydrogens is 332 g/mol. The average molecular weight is 343 g/mol. The van der Waals surface area contributed by atoms with Gasteiger partial charge in [-0.25, -0.2) is 4.21 Å². The molecule has 0 amide bonds. The Labute approximate surface area is 120 Å². The highest BCUT2D eigenvalue weighted by atomic mass is 79.9. The van der Waals surface area contributed by atoms with Gasteiger partial charge in [-0.2, -0.15) is 0 Å². The number of nitrogens with one attached hydrogen (secondary N) is 1. The first-order valence-corrected chi connectivity index (χ1v) is 7.93. The second-order valence-electron chi connectivity index (χ2n) is 3.47. The summed E-state index contributed by atoms with van der Waals surface area (Å²) >= 11 is 4.85.